The number of nitrogens with zero attached hydrogens (tertiary/aromatic N) is 2. The average Bonchev–Trinajstić information content (AvgIpc) is 3.30. The van der Waals surface area contributed by atoms with Gasteiger partial charge in [0.2, 0.25) is 15.9 Å². The molecule has 0 bridgehead atoms. The molecule has 11 heteroatoms. The van der Waals surface area contributed by atoms with Gasteiger partial charge in [-0.2, -0.15) is 4.72 Å². The molecule has 1 atom stereocenters. The maximum absolute atomic E-state index is 13.7. The molecule has 4 rings (SSSR count). The number of carbonyl (C=O) groups is 1. The maximum Gasteiger partial charge on any atom is 0.243 e. The number of nitrogens with two attached hydrogens (primary N) is 1. The second-order valence-electron chi connectivity index (χ2n) is 10.6. The normalized spacial score (nSPS) is 18.9. The number of likely N-dealkylation sites (tertiary alicyclic amines) is 1. The zero-order valence-corrected chi connectivity index (χ0v) is 22.6. The van der Waals surface area contributed by atoms with Crippen LogP contribution in [-0.4, -0.2) is 61.6 Å². The summed E-state index contributed by atoms with van der Waals surface area (Å²) in [4.78, 5) is 20.0. The maximum atomic E-state index is 13.7. The van der Waals surface area contributed by atoms with Crippen molar-refractivity contribution in [2.45, 2.75) is 63.4 Å². The molecule has 0 unspecified atom stereocenters. The minimum Gasteiger partial charge on any atom is -0.396 e. The number of hydrogen-bond donors (Lipinski definition) is 4. The van der Waals surface area contributed by atoms with E-state index in [1.165, 1.54) is 11.3 Å². The molecule has 0 radical (unpaired) electrons. The Balaban J connectivity index is 1.58. The van der Waals surface area contributed by atoms with Gasteiger partial charge in [0.05, 0.1) is 16.4 Å². The van der Waals surface area contributed by atoms with Crippen LogP contribution in [0, 0.1) is 11.3 Å². The van der Waals surface area contributed by atoms with E-state index in [2.05, 4.69) is 28.9 Å². The second kappa shape index (κ2) is 11.1. The van der Waals surface area contributed by atoms with Gasteiger partial charge in [0.15, 0.2) is 0 Å². The molecule has 0 spiro atoms. The van der Waals surface area contributed by atoms with Crippen LogP contribution in [0.15, 0.2) is 28.5 Å². The Morgan fingerprint density at radius 1 is 1.36 bits per heavy atom. The van der Waals surface area contributed by atoms with Gasteiger partial charge in [-0.05, 0) is 48.6 Å². The first-order valence-corrected chi connectivity index (χ1v) is 14.9. The number of carbonyl (C=O) groups excluding carboxylic acids is 1. The molecule has 5 N–H and O–H groups in total. The van der Waals surface area contributed by atoms with Crippen molar-refractivity contribution >= 4 is 33.0 Å². The molecular weight excluding hydrogens is 498 g/mol. The number of piperidine rings is 1. The Morgan fingerprint density at radius 2 is 2.11 bits per heavy atom. The third-order valence-corrected chi connectivity index (χ3v) is 9.50. The summed E-state index contributed by atoms with van der Waals surface area (Å²) in [5, 5.41) is 15.1. The minimum absolute atomic E-state index is 0.0228. The molecule has 9 nitrogen and oxygen atoms in total. The largest absolute Gasteiger partial charge is 0.396 e. The molecule has 1 fully saturated rings. The Morgan fingerprint density at radius 3 is 2.78 bits per heavy atom. The number of aromatic nitrogens is 1. The van der Waals surface area contributed by atoms with Crippen molar-refractivity contribution in [2.24, 2.45) is 17.1 Å². The van der Waals surface area contributed by atoms with Crippen LogP contribution < -0.4 is 15.8 Å². The molecule has 1 saturated heterocycles. The summed E-state index contributed by atoms with van der Waals surface area (Å²) in [5.74, 6) is 0.135. The standard InChI is InChI=1S/C25H37N5O4S2/c1-25(2)13-18-4-3-5-21(23(18)27-16-25)36(33,34)29-20(12-22-28-19(14-26)15-35-22)24(32)30-9-6-17(7-10-30)8-11-31/h3-5,15,17,20,27,29,31H,6-14,16,26H2,1-2H3/t20-/m0/s1. The zero-order valence-electron chi connectivity index (χ0n) is 21.0. The third-order valence-electron chi connectivity index (χ3n) is 7.06. The molecular formula is C25H37N5O4S2. The van der Waals surface area contributed by atoms with Crippen LogP contribution >= 0.6 is 11.3 Å². The number of fused-ring (bicyclic) bond motifs is 1. The van der Waals surface area contributed by atoms with Gasteiger partial charge in [0.1, 0.15) is 10.9 Å². The van der Waals surface area contributed by atoms with Crippen LogP contribution in [0.1, 0.15) is 49.4 Å². The first-order chi connectivity index (χ1) is 17.1. The number of benzene rings is 1. The highest BCUT2D eigenvalue weighted by molar-refractivity contribution is 7.89. The fraction of sp³-hybridized carbons (Fsp3) is 0.600. The SMILES string of the molecule is CC1(C)CNc2c(cccc2S(=O)(=O)N[C@@H](Cc2nc(CN)cs2)C(=O)N2CCC(CCO)CC2)C1. The van der Waals surface area contributed by atoms with Crippen molar-refractivity contribution in [1.29, 1.82) is 0 Å². The topological polar surface area (TPSA) is 138 Å². The lowest BCUT2D eigenvalue weighted by atomic mass is 9.82. The highest BCUT2D eigenvalue weighted by Crippen LogP contribution is 2.36. The smallest absolute Gasteiger partial charge is 0.243 e. The summed E-state index contributed by atoms with van der Waals surface area (Å²) in [5.41, 5.74) is 8.01. The van der Waals surface area contributed by atoms with E-state index in [9.17, 15) is 18.3 Å². The van der Waals surface area contributed by atoms with Gasteiger partial charge in [-0.25, -0.2) is 13.4 Å². The molecule has 1 amide bonds. The van der Waals surface area contributed by atoms with Crippen molar-refractivity contribution in [3.8, 4) is 0 Å². The fourth-order valence-corrected chi connectivity index (χ4v) is 7.31. The van der Waals surface area contributed by atoms with Gasteiger partial charge in [0.25, 0.3) is 0 Å². The number of hydrogen-bond acceptors (Lipinski definition) is 8. The third kappa shape index (κ3) is 6.25. The summed E-state index contributed by atoms with van der Waals surface area (Å²) in [7, 11) is -4.00. The summed E-state index contributed by atoms with van der Waals surface area (Å²) >= 11 is 1.38. The number of para-hydroxylation sites is 1. The summed E-state index contributed by atoms with van der Waals surface area (Å²) in [6.45, 7) is 6.47. The quantitative estimate of drug-likeness (QED) is 0.386. The predicted octanol–water partition coefficient (Wildman–Crippen LogP) is 2.11. The summed E-state index contributed by atoms with van der Waals surface area (Å²) in [6.07, 6.45) is 3.25. The summed E-state index contributed by atoms with van der Waals surface area (Å²) < 4.78 is 30.1. The van der Waals surface area contributed by atoms with Crippen molar-refractivity contribution < 1.29 is 18.3 Å². The zero-order chi connectivity index (χ0) is 25.9. The van der Waals surface area contributed by atoms with Crippen LogP contribution in [0.5, 0.6) is 0 Å². The van der Waals surface area contributed by atoms with Crippen molar-refractivity contribution in [1.82, 2.24) is 14.6 Å². The van der Waals surface area contributed by atoms with E-state index in [1.807, 2.05) is 11.4 Å². The van der Waals surface area contributed by atoms with Crippen molar-refractivity contribution in [3.05, 3.63) is 39.8 Å². The number of amides is 1. The molecule has 36 heavy (non-hydrogen) atoms. The number of anilines is 1. The number of sulfonamides is 1. The van der Waals surface area contributed by atoms with Crippen LogP contribution in [0.2, 0.25) is 0 Å². The van der Waals surface area contributed by atoms with E-state index in [0.29, 0.717) is 36.2 Å². The predicted molar refractivity (Wildman–Crippen MR) is 141 cm³/mol. The van der Waals surface area contributed by atoms with E-state index >= 15 is 0 Å². The molecule has 2 aliphatic heterocycles. The Hall–Kier alpha value is -2.05. The lowest BCUT2D eigenvalue weighted by Crippen LogP contribution is -2.51. The summed E-state index contributed by atoms with van der Waals surface area (Å²) in [6, 6.07) is 4.32. The van der Waals surface area contributed by atoms with Crippen molar-refractivity contribution in [2.75, 3.05) is 31.6 Å². The number of rotatable bonds is 9. The van der Waals surface area contributed by atoms with Gasteiger partial charge in [0, 0.05) is 44.6 Å². The Bertz CT molecular complexity index is 1170. The number of aliphatic hydroxyl groups is 1. The molecule has 0 saturated carbocycles. The molecule has 3 heterocycles. The Labute approximate surface area is 217 Å². The molecule has 0 aliphatic carbocycles. The van der Waals surface area contributed by atoms with Crippen LogP contribution in [0.4, 0.5) is 5.69 Å². The lowest BCUT2D eigenvalue weighted by molar-refractivity contribution is -0.134. The van der Waals surface area contributed by atoms with Gasteiger partial charge >= 0.3 is 0 Å². The fourth-order valence-electron chi connectivity index (χ4n) is 5.04. The molecule has 1 aromatic heterocycles. The number of nitrogens with one attached hydrogen (secondary N) is 2. The monoisotopic (exact) mass is 535 g/mol. The van der Waals surface area contributed by atoms with Crippen molar-refractivity contribution in [3.63, 3.8) is 0 Å². The van der Waals surface area contributed by atoms with Crippen LogP contribution in [0.25, 0.3) is 0 Å². The number of thiazole rings is 1. The second-order valence-corrected chi connectivity index (χ2v) is 13.2. The lowest BCUT2D eigenvalue weighted by Gasteiger charge is -2.35. The van der Waals surface area contributed by atoms with Gasteiger partial charge < -0.3 is 21.1 Å². The van der Waals surface area contributed by atoms with E-state index in [1.54, 1.807) is 17.0 Å². The average molecular weight is 536 g/mol. The van der Waals surface area contributed by atoms with Gasteiger partial charge in [-0.15, -0.1) is 11.3 Å². The van der Waals surface area contributed by atoms with E-state index in [4.69, 9.17) is 5.73 Å². The number of aliphatic hydroxyl groups excluding tert-OH is 1. The van der Waals surface area contributed by atoms with E-state index < -0.39 is 16.1 Å². The van der Waals surface area contributed by atoms with E-state index in [0.717, 1.165) is 36.9 Å². The van der Waals surface area contributed by atoms with Crippen LogP contribution in [0.3, 0.4) is 0 Å². The van der Waals surface area contributed by atoms with E-state index in [-0.39, 0.29) is 35.8 Å². The first kappa shape index (κ1) is 27.0. The van der Waals surface area contributed by atoms with Crippen LogP contribution in [-0.2, 0) is 34.2 Å². The highest BCUT2D eigenvalue weighted by atomic mass is 32.2. The minimum atomic E-state index is -4.00. The van der Waals surface area contributed by atoms with Gasteiger partial charge in [-0.3, -0.25) is 4.79 Å². The Kier molecular flexibility index (Phi) is 8.35. The molecule has 1 aromatic carbocycles. The highest BCUT2D eigenvalue weighted by Gasteiger charge is 2.35. The molecule has 2 aliphatic rings. The molecule has 198 valence electrons. The first-order valence-electron chi connectivity index (χ1n) is 12.5. The molecule has 2 aromatic rings. The van der Waals surface area contributed by atoms with Gasteiger partial charge in [-0.1, -0.05) is 26.0 Å².